The number of hydrogen-bond donors (Lipinski definition) is 5. The summed E-state index contributed by atoms with van der Waals surface area (Å²) in [7, 11) is 0. The zero-order valence-corrected chi connectivity index (χ0v) is 30.4. The number of thiazole rings is 1. The van der Waals surface area contributed by atoms with Crippen LogP contribution >= 0.6 is 11.3 Å². The fraction of sp³-hybridized carbons (Fsp3) is 0.588. The predicted molar refractivity (Wildman–Crippen MR) is 188 cm³/mol. The Morgan fingerprint density at radius 1 is 0.939 bits per heavy atom. The molecule has 6 N–H and O–H groups in total. The number of piperidine rings is 1. The molecule has 0 bridgehead atoms. The highest BCUT2D eigenvalue weighted by atomic mass is 32.1. The second kappa shape index (κ2) is 16.8. The number of alkyl carbamates (subject to hydrolysis) is 1. The maximum absolute atomic E-state index is 13.2. The lowest BCUT2D eigenvalue weighted by Gasteiger charge is -2.42. The average molecular weight is 702 g/mol. The molecule has 0 aliphatic carbocycles. The number of aryl methyl sites for hydroxylation is 2. The molecule has 270 valence electrons. The Morgan fingerprint density at radius 2 is 1.59 bits per heavy atom. The van der Waals surface area contributed by atoms with Crippen LogP contribution in [0.1, 0.15) is 101 Å². The van der Waals surface area contributed by atoms with Crippen LogP contribution in [0.15, 0.2) is 24.3 Å². The number of nitrogens with one attached hydrogen (secondary N) is 4. The first-order valence-corrected chi connectivity index (χ1v) is 17.4. The Kier molecular flexibility index (Phi) is 13.4. The van der Waals surface area contributed by atoms with Crippen molar-refractivity contribution < 1.29 is 33.4 Å². The highest BCUT2D eigenvalue weighted by Gasteiger charge is 2.50. The lowest BCUT2D eigenvalue weighted by molar-refractivity contribution is -0.202. The van der Waals surface area contributed by atoms with Gasteiger partial charge in [-0.05, 0) is 77.0 Å². The van der Waals surface area contributed by atoms with E-state index in [1.807, 2.05) is 17.0 Å². The van der Waals surface area contributed by atoms with E-state index >= 15 is 0 Å². The minimum atomic E-state index is -1.94. The third-order valence-corrected chi connectivity index (χ3v) is 8.62. The smallest absolute Gasteiger partial charge is 0.387 e. The predicted octanol–water partition coefficient (Wildman–Crippen LogP) is 5.14. The van der Waals surface area contributed by atoms with Crippen LogP contribution in [0.25, 0.3) is 0 Å². The number of anilines is 2. The van der Waals surface area contributed by atoms with Crippen LogP contribution in [0.3, 0.4) is 0 Å². The highest BCUT2D eigenvalue weighted by Crippen LogP contribution is 2.37. The zero-order valence-electron chi connectivity index (χ0n) is 29.6. The molecule has 2 aromatic rings. The molecular formula is C34H51N7O7S. The number of likely N-dealkylation sites (tertiary alicyclic amines) is 1. The van der Waals surface area contributed by atoms with Gasteiger partial charge >= 0.3 is 18.1 Å². The molecule has 3 rings (SSSR count). The van der Waals surface area contributed by atoms with Crippen molar-refractivity contribution in [2.75, 3.05) is 30.3 Å². The van der Waals surface area contributed by atoms with E-state index in [1.54, 1.807) is 53.7 Å². The first kappa shape index (κ1) is 39.0. The van der Waals surface area contributed by atoms with Gasteiger partial charge in [-0.25, -0.2) is 14.6 Å². The van der Waals surface area contributed by atoms with Crippen molar-refractivity contribution in [3.8, 4) is 0 Å². The number of ether oxygens (including phenoxy) is 2. The molecule has 1 aromatic heterocycles. The van der Waals surface area contributed by atoms with Crippen LogP contribution in [0.2, 0.25) is 0 Å². The number of primary amides is 1. The molecule has 2 heterocycles. The van der Waals surface area contributed by atoms with Crippen LogP contribution in [-0.4, -0.2) is 70.9 Å². The first-order chi connectivity index (χ1) is 22.9. The number of rotatable bonds is 13. The third-order valence-electron chi connectivity index (χ3n) is 7.61. The van der Waals surface area contributed by atoms with E-state index in [-0.39, 0.29) is 17.7 Å². The van der Waals surface area contributed by atoms with E-state index in [0.29, 0.717) is 53.6 Å². The molecule has 1 fully saturated rings. The molecular weight excluding hydrogens is 650 g/mol. The summed E-state index contributed by atoms with van der Waals surface area (Å²) in [6, 6.07) is 7.17. The van der Waals surface area contributed by atoms with E-state index in [4.69, 9.17) is 15.2 Å². The number of carbonyl (C=O) groups is 5. The summed E-state index contributed by atoms with van der Waals surface area (Å²) in [5, 5.41) is 11.6. The van der Waals surface area contributed by atoms with E-state index in [1.165, 1.54) is 6.92 Å². The molecule has 1 unspecified atom stereocenters. The van der Waals surface area contributed by atoms with E-state index < -0.39 is 29.1 Å². The third kappa shape index (κ3) is 12.2. The number of nitrogens with two attached hydrogens (primary N) is 1. The average Bonchev–Trinajstić information content (AvgIpc) is 3.39. The molecule has 15 heteroatoms. The van der Waals surface area contributed by atoms with Crippen molar-refractivity contribution in [1.82, 2.24) is 20.5 Å². The van der Waals surface area contributed by atoms with Crippen molar-refractivity contribution in [2.24, 2.45) is 11.1 Å². The standard InChI is InChI=1S/C34H51N7O7S/c1-22(42)37-30-38-25(27(49-30)28(44)36-19-11-12-26(43)41-20-9-8-10-21-41)18-15-23-13-16-24(17-14-23)39-34(32(2,3)4,47-29(35)45)48-31(46)40-33(5,6)7/h13-14,16-17,39H,8-12,15,18-21H2,1-7H3,(H2,35,45)(H,36,44)(H,40,46)(H,37,38,42). The summed E-state index contributed by atoms with van der Waals surface area (Å²) in [5.74, 6) is -2.43. The molecule has 0 spiro atoms. The van der Waals surface area contributed by atoms with Crippen LogP contribution in [0.5, 0.6) is 0 Å². The van der Waals surface area contributed by atoms with Gasteiger partial charge in [-0.1, -0.05) is 44.2 Å². The first-order valence-electron chi connectivity index (χ1n) is 16.6. The molecule has 14 nitrogen and oxygen atoms in total. The van der Waals surface area contributed by atoms with Gasteiger partial charge in [0.25, 0.3) is 5.91 Å². The van der Waals surface area contributed by atoms with Gasteiger partial charge < -0.3 is 41.4 Å². The Hall–Kier alpha value is -4.40. The molecule has 0 radical (unpaired) electrons. The Balaban J connectivity index is 1.69. The monoisotopic (exact) mass is 701 g/mol. The molecule has 1 atom stereocenters. The quantitative estimate of drug-likeness (QED) is 0.139. The second-order valence-corrected chi connectivity index (χ2v) is 15.2. The maximum atomic E-state index is 13.2. The van der Waals surface area contributed by atoms with Crippen molar-refractivity contribution in [3.63, 3.8) is 0 Å². The molecule has 49 heavy (non-hydrogen) atoms. The van der Waals surface area contributed by atoms with E-state index in [9.17, 15) is 24.0 Å². The van der Waals surface area contributed by atoms with Crippen LogP contribution in [0.4, 0.5) is 20.4 Å². The van der Waals surface area contributed by atoms with Crippen LogP contribution in [0, 0.1) is 5.41 Å². The van der Waals surface area contributed by atoms with Gasteiger partial charge in [-0.3, -0.25) is 14.4 Å². The lowest BCUT2D eigenvalue weighted by atomic mass is 9.90. The van der Waals surface area contributed by atoms with E-state index in [0.717, 1.165) is 49.3 Å². The Labute approximate surface area is 292 Å². The number of benzene rings is 1. The molecule has 0 saturated carbocycles. The maximum Gasteiger partial charge on any atom is 0.412 e. The SMILES string of the molecule is CC(=O)Nc1nc(CCc2ccc(NC(OC(N)=O)(OC(=O)NC(C)(C)C)C(C)(C)C)cc2)c(C(=O)NCCCC(=O)N2CCCCC2)s1. The molecule has 1 aliphatic heterocycles. The summed E-state index contributed by atoms with van der Waals surface area (Å²) in [4.78, 5) is 68.9. The number of nitrogens with zero attached hydrogens (tertiary/aromatic N) is 2. The molecule has 1 aromatic carbocycles. The fourth-order valence-electron chi connectivity index (χ4n) is 5.10. The van der Waals surface area contributed by atoms with Gasteiger partial charge in [-0.15, -0.1) is 0 Å². The molecule has 1 aliphatic rings. The van der Waals surface area contributed by atoms with Gasteiger partial charge in [0.2, 0.25) is 11.8 Å². The Morgan fingerprint density at radius 3 is 2.16 bits per heavy atom. The summed E-state index contributed by atoms with van der Waals surface area (Å²) < 4.78 is 11.1. The number of carbonyl (C=O) groups excluding carboxylic acids is 5. The number of amides is 5. The summed E-state index contributed by atoms with van der Waals surface area (Å²) in [6.07, 6.45) is 3.11. The van der Waals surface area contributed by atoms with Gasteiger partial charge in [0.1, 0.15) is 4.88 Å². The van der Waals surface area contributed by atoms with Crippen molar-refractivity contribution in [1.29, 1.82) is 0 Å². The van der Waals surface area contributed by atoms with Crippen molar-refractivity contribution >= 4 is 52.1 Å². The zero-order chi connectivity index (χ0) is 36.4. The Bertz CT molecular complexity index is 1470. The van der Waals surface area contributed by atoms with Gasteiger partial charge in [-0.2, -0.15) is 0 Å². The number of hydrogen-bond acceptors (Lipinski definition) is 10. The molecule has 1 saturated heterocycles. The van der Waals surface area contributed by atoms with Gasteiger partial charge in [0.05, 0.1) is 11.1 Å². The minimum Gasteiger partial charge on any atom is -0.387 e. The summed E-state index contributed by atoms with van der Waals surface area (Å²) in [5.41, 5.74) is 5.78. The van der Waals surface area contributed by atoms with Gasteiger partial charge in [0, 0.05) is 44.2 Å². The molecule has 5 amide bonds. The van der Waals surface area contributed by atoms with Crippen LogP contribution in [-0.2, 0) is 31.9 Å². The van der Waals surface area contributed by atoms with Gasteiger partial charge in [0.15, 0.2) is 5.13 Å². The van der Waals surface area contributed by atoms with E-state index in [2.05, 4.69) is 26.3 Å². The number of aromatic nitrogens is 1. The lowest BCUT2D eigenvalue weighted by Crippen LogP contribution is -2.59. The van der Waals surface area contributed by atoms with Crippen molar-refractivity contribution in [3.05, 3.63) is 40.4 Å². The normalized spacial score (nSPS) is 14.6. The van der Waals surface area contributed by atoms with Crippen molar-refractivity contribution in [2.45, 2.75) is 105 Å². The summed E-state index contributed by atoms with van der Waals surface area (Å²) in [6.45, 7) is 13.9. The summed E-state index contributed by atoms with van der Waals surface area (Å²) >= 11 is 1.10. The minimum absolute atomic E-state index is 0.115. The fourth-order valence-corrected chi connectivity index (χ4v) is 6.08. The second-order valence-electron chi connectivity index (χ2n) is 14.2. The largest absolute Gasteiger partial charge is 0.412 e. The highest BCUT2D eigenvalue weighted by molar-refractivity contribution is 7.17. The van der Waals surface area contributed by atoms with Crippen LogP contribution < -0.4 is 27.0 Å². The topological polar surface area (TPSA) is 194 Å².